The van der Waals surface area contributed by atoms with Gasteiger partial charge in [-0.15, -0.1) is 11.3 Å². The number of benzene rings is 2. The monoisotopic (exact) mass is 308 g/mol. The van der Waals surface area contributed by atoms with E-state index in [1.807, 2.05) is 30.3 Å². The fraction of sp³-hybridized carbons (Fsp3) is 0.0667. The van der Waals surface area contributed by atoms with Crippen LogP contribution in [-0.4, -0.2) is 0 Å². The smallest absolute Gasteiger partial charge is 0.121 e. The zero-order valence-electron chi connectivity index (χ0n) is 9.90. The van der Waals surface area contributed by atoms with Crippen LogP contribution in [-0.2, 0) is 6.61 Å². The second kappa shape index (κ2) is 5.41. The lowest BCUT2D eigenvalue weighted by molar-refractivity contribution is 0.308. The van der Waals surface area contributed by atoms with Crippen molar-refractivity contribution in [2.45, 2.75) is 6.61 Å². The summed E-state index contributed by atoms with van der Waals surface area (Å²) in [7, 11) is 0. The van der Waals surface area contributed by atoms with Crippen molar-refractivity contribution in [1.82, 2.24) is 0 Å². The molecule has 4 heteroatoms. The molecule has 0 amide bonds. The minimum absolute atomic E-state index is 0.490. The van der Waals surface area contributed by atoms with Gasteiger partial charge in [0.1, 0.15) is 12.4 Å². The molecule has 3 rings (SSSR count). The Morgan fingerprint density at radius 1 is 1.05 bits per heavy atom. The minimum Gasteiger partial charge on any atom is -0.489 e. The molecule has 2 aromatic carbocycles. The quantitative estimate of drug-likeness (QED) is 0.595. The number of ether oxygens (including phenoxy) is 1. The molecular weight excluding hydrogens is 299 g/mol. The van der Waals surface area contributed by atoms with E-state index in [9.17, 15) is 0 Å². The number of thiophene rings is 1. The number of halogens is 2. The van der Waals surface area contributed by atoms with Crippen molar-refractivity contribution in [2.75, 3.05) is 0 Å². The van der Waals surface area contributed by atoms with Gasteiger partial charge in [0.15, 0.2) is 0 Å². The lowest BCUT2D eigenvalue weighted by Gasteiger charge is -2.06. The van der Waals surface area contributed by atoms with Gasteiger partial charge in [0.25, 0.3) is 0 Å². The summed E-state index contributed by atoms with van der Waals surface area (Å²) in [5.41, 5.74) is 1.10. The summed E-state index contributed by atoms with van der Waals surface area (Å²) in [6.07, 6.45) is 0. The van der Waals surface area contributed by atoms with Crippen molar-refractivity contribution >= 4 is 44.6 Å². The summed E-state index contributed by atoms with van der Waals surface area (Å²) in [5, 5.41) is 4.60. The molecule has 0 radical (unpaired) electrons. The van der Waals surface area contributed by atoms with Crippen LogP contribution < -0.4 is 4.74 Å². The molecule has 0 unspecified atom stereocenters. The SMILES string of the molecule is Clc1cccc(OCc2csc3cccc(Cl)c23)c1. The van der Waals surface area contributed by atoms with Crippen LogP contribution in [0, 0.1) is 0 Å². The Kier molecular flexibility index (Phi) is 3.65. The topological polar surface area (TPSA) is 9.23 Å². The van der Waals surface area contributed by atoms with Gasteiger partial charge in [0.05, 0.1) is 0 Å². The van der Waals surface area contributed by atoms with E-state index in [1.54, 1.807) is 17.4 Å². The van der Waals surface area contributed by atoms with Crippen molar-refractivity contribution < 1.29 is 4.74 Å². The van der Waals surface area contributed by atoms with Crippen LogP contribution in [0.2, 0.25) is 10.0 Å². The van der Waals surface area contributed by atoms with Gasteiger partial charge in [0, 0.05) is 25.7 Å². The Balaban J connectivity index is 1.86. The van der Waals surface area contributed by atoms with Crippen molar-refractivity contribution in [3.63, 3.8) is 0 Å². The molecule has 0 spiro atoms. The van der Waals surface area contributed by atoms with Crippen molar-refractivity contribution in [1.29, 1.82) is 0 Å². The molecule has 0 N–H and O–H groups in total. The summed E-state index contributed by atoms with van der Waals surface area (Å²) < 4.78 is 6.94. The molecule has 96 valence electrons. The average molecular weight is 309 g/mol. The molecule has 0 fully saturated rings. The van der Waals surface area contributed by atoms with Crippen LogP contribution in [0.25, 0.3) is 10.1 Å². The van der Waals surface area contributed by atoms with Gasteiger partial charge in [-0.05, 0) is 35.7 Å². The second-order valence-corrected chi connectivity index (χ2v) is 5.87. The Bertz CT molecular complexity index is 721. The standard InChI is InChI=1S/C15H10Cl2OS/c16-11-3-1-4-12(7-11)18-8-10-9-19-14-6-2-5-13(17)15(10)14/h1-7,9H,8H2. The molecule has 0 saturated heterocycles. The molecule has 1 aromatic heterocycles. The third-order valence-corrected chi connectivity index (χ3v) is 4.36. The van der Waals surface area contributed by atoms with Gasteiger partial charge < -0.3 is 4.74 Å². The molecule has 1 nitrogen and oxygen atoms in total. The number of hydrogen-bond acceptors (Lipinski definition) is 2. The second-order valence-electron chi connectivity index (χ2n) is 4.12. The van der Waals surface area contributed by atoms with Gasteiger partial charge in [-0.1, -0.05) is 35.3 Å². The molecule has 0 aliphatic heterocycles. The Labute approximate surface area is 125 Å². The van der Waals surface area contributed by atoms with Crippen LogP contribution in [0.15, 0.2) is 47.8 Å². The van der Waals surface area contributed by atoms with Crippen LogP contribution >= 0.6 is 34.5 Å². The molecule has 1 heterocycles. The molecule has 0 aliphatic carbocycles. The number of rotatable bonds is 3. The van der Waals surface area contributed by atoms with Gasteiger partial charge in [-0.2, -0.15) is 0 Å². The van der Waals surface area contributed by atoms with E-state index in [0.717, 1.165) is 21.7 Å². The fourth-order valence-electron chi connectivity index (χ4n) is 1.93. The highest BCUT2D eigenvalue weighted by Crippen LogP contribution is 2.32. The first-order chi connectivity index (χ1) is 9.24. The molecule has 0 aliphatic rings. The van der Waals surface area contributed by atoms with E-state index < -0.39 is 0 Å². The van der Waals surface area contributed by atoms with E-state index in [2.05, 4.69) is 11.4 Å². The zero-order valence-corrected chi connectivity index (χ0v) is 12.2. The molecule has 0 saturated carbocycles. The van der Waals surface area contributed by atoms with Gasteiger partial charge in [0.2, 0.25) is 0 Å². The lowest BCUT2D eigenvalue weighted by atomic mass is 10.2. The summed E-state index contributed by atoms with van der Waals surface area (Å²) >= 11 is 13.8. The van der Waals surface area contributed by atoms with E-state index in [-0.39, 0.29) is 0 Å². The predicted molar refractivity (Wildman–Crippen MR) is 82.6 cm³/mol. The Morgan fingerprint density at radius 2 is 1.89 bits per heavy atom. The number of hydrogen-bond donors (Lipinski definition) is 0. The largest absolute Gasteiger partial charge is 0.489 e. The van der Waals surface area contributed by atoms with Crippen molar-refractivity contribution in [3.05, 3.63) is 63.5 Å². The van der Waals surface area contributed by atoms with Gasteiger partial charge in [-0.25, -0.2) is 0 Å². The van der Waals surface area contributed by atoms with Crippen LogP contribution in [0.3, 0.4) is 0 Å². The first-order valence-electron chi connectivity index (χ1n) is 5.77. The highest BCUT2D eigenvalue weighted by atomic mass is 35.5. The maximum absolute atomic E-state index is 6.24. The third-order valence-electron chi connectivity index (χ3n) is 2.82. The zero-order chi connectivity index (χ0) is 13.2. The van der Waals surface area contributed by atoms with E-state index >= 15 is 0 Å². The van der Waals surface area contributed by atoms with E-state index in [0.29, 0.717) is 11.6 Å². The summed E-state index contributed by atoms with van der Waals surface area (Å²) in [5.74, 6) is 0.763. The highest BCUT2D eigenvalue weighted by molar-refractivity contribution is 7.17. The maximum Gasteiger partial charge on any atom is 0.121 e. The minimum atomic E-state index is 0.490. The van der Waals surface area contributed by atoms with Crippen molar-refractivity contribution in [3.8, 4) is 5.75 Å². The highest BCUT2D eigenvalue weighted by Gasteiger charge is 2.08. The molecule has 0 bridgehead atoms. The first-order valence-corrected chi connectivity index (χ1v) is 7.40. The lowest BCUT2D eigenvalue weighted by Crippen LogP contribution is -1.94. The molecular formula is C15H10Cl2OS. The predicted octanol–water partition coefficient (Wildman–Crippen LogP) is 5.79. The summed E-state index contributed by atoms with van der Waals surface area (Å²) in [4.78, 5) is 0. The summed E-state index contributed by atoms with van der Waals surface area (Å²) in [6, 6.07) is 13.3. The normalized spacial score (nSPS) is 10.8. The van der Waals surface area contributed by atoms with Gasteiger partial charge in [-0.3, -0.25) is 0 Å². The molecule has 19 heavy (non-hydrogen) atoms. The molecule has 0 atom stereocenters. The summed E-state index contributed by atoms with van der Waals surface area (Å²) in [6.45, 7) is 0.490. The van der Waals surface area contributed by atoms with E-state index in [4.69, 9.17) is 27.9 Å². The van der Waals surface area contributed by atoms with Crippen LogP contribution in [0.1, 0.15) is 5.56 Å². The van der Waals surface area contributed by atoms with Crippen LogP contribution in [0.4, 0.5) is 0 Å². The number of fused-ring (bicyclic) bond motifs is 1. The average Bonchev–Trinajstić information content (AvgIpc) is 2.81. The third kappa shape index (κ3) is 2.71. The Morgan fingerprint density at radius 3 is 2.74 bits per heavy atom. The maximum atomic E-state index is 6.24. The van der Waals surface area contributed by atoms with Crippen molar-refractivity contribution in [2.24, 2.45) is 0 Å². The first kappa shape index (κ1) is 12.8. The Hall–Kier alpha value is -1.22. The van der Waals surface area contributed by atoms with Crippen LogP contribution in [0.5, 0.6) is 5.75 Å². The van der Waals surface area contributed by atoms with E-state index in [1.165, 1.54) is 4.70 Å². The molecule has 3 aromatic rings. The fourth-order valence-corrected chi connectivity index (χ4v) is 3.44. The van der Waals surface area contributed by atoms with Gasteiger partial charge >= 0.3 is 0 Å².